The van der Waals surface area contributed by atoms with Crippen LogP contribution in [0.5, 0.6) is 0 Å². The summed E-state index contributed by atoms with van der Waals surface area (Å²) >= 11 is 1.86. The first-order chi connectivity index (χ1) is 9.95. The van der Waals surface area contributed by atoms with Crippen molar-refractivity contribution >= 4 is 16.5 Å². The van der Waals surface area contributed by atoms with Crippen molar-refractivity contribution in [3.05, 3.63) is 10.6 Å². The van der Waals surface area contributed by atoms with Crippen LogP contribution in [0.25, 0.3) is 0 Å². The Labute approximate surface area is 135 Å². The quantitative estimate of drug-likeness (QED) is 0.638. The second-order valence-corrected chi connectivity index (χ2v) is 7.68. The Morgan fingerprint density at radius 3 is 2.48 bits per heavy atom. The fraction of sp³-hybridized carbons (Fsp3) is 0.824. The van der Waals surface area contributed by atoms with Crippen LogP contribution in [-0.2, 0) is 6.54 Å². The Morgan fingerprint density at radius 1 is 1.19 bits per heavy atom. The Balaban J connectivity index is 2.69. The van der Waals surface area contributed by atoms with E-state index in [0.29, 0.717) is 11.8 Å². The number of aromatic nitrogens is 1. The summed E-state index contributed by atoms with van der Waals surface area (Å²) in [6.45, 7) is 14.3. The lowest BCUT2D eigenvalue weighted by molar-refractivity contribution is 0.552. The number of nitrogens with zero attached hydrogens (tertiary/aromatic N) is 2. The predicted octanol–water partition coefficient (Wildman–Crippen LogP) is 4.64. The molecule has 0 aliphatic carbocycles. The third kappa shape index (κ3) is 6.35. The molecule has 0 aliphatic heterocycles. The molecule has 4 heteroatoms. The van der Waals surface area contributed by atoms with Crippen LogP contribution >= 0.6 is 11.3 Å². The molecule has 21 heavy (non-hydrogen) atoms. The van der Waals surface area contributed by atoms with Crippen molar-refractivity contribution in [1.29, 1.82) is 0 Å². The first-order valence-electron chi connectivity index (χ1n) is 8.37. The van der Waals surface area contributed by atoms with Crippen LogP contribution in [0.3, 0.4) is 0 Å². The molecule has 0 unspecified atom stereocenters. The molecule has 1 rings (SSSR count). The first-order valence-corrected chi connectivity index (χ1v) is 9.18. The normalized spacial score (nSPS) is 11.6. The Morgan fingerprint density at radius 2 is 1.90 bits per heavy atom. The maximum Gasteiger partial charge on any atom is 0.185 e. The van der Waals surface area contributed by atoms with Gasteiger partial charge in [-0.2, -0.15) is 0 Å². The van der Waals surface area contributed by atoms with E-state index in [4.69, 9.17) is 4.98 Å². The molecular weight excluding hydrogens is 278 g/mol. The molecule has 122 valence electrons. The second-order valence-electron chi connectivity index (χ2n) is 6.61. The van der Waals surface area contributed by atoms with Crippen LogP contribution in [0.15, 0.2) is 0 Å². The van der Waals surface area contributed by atoms with Crippen LogP contribution in [0, 0.1) is 5.92 Å². The van der Waals surface area contributed by atoms with Crippen molar-refractivity contribution < 1.29 is 0 Å². The molecule has 0 saturated heterocycles. The zero-order valence-electron chi connectivity index (χ0n) is 14.7. The highest BCUT2D eigenvalue weighted by atomic mass is 32.1. The largest absolute Gasteiger partial charge is 0.351 e. The first kappa shape index (κ1) is 18.4. The smallest absolute Gasteiger partial charge is 0.185 e. The van der Waals surface area contributed by atoms with Gasteiger partial charge in [0, 0.05) is 25.0 Å². The molecule has 3 nitrogen and oxygen atoms in total. The summed E-state index contributed by atoms with van der Waals surface area (Å²) in [6.07, 6.45) is 3.83. The predicted molar refractivity (Wildman–Crippen MR) is 95.5 cm³/mol. The van der Waals surface area contributed by atoms with E-state index in [0.717, 1.165) is 19.6 Å². The van der Waals surface area contributed by atoms with E-state index in [1.54, 1.807) is 0 Å². The van der Waals surface area contributed by atoms with Crippen molar-refractivity contribution in [3.63, 3.8) is 0 Å². The Bertz CT molecular complexity index is 399. The average Bonchev–Trinajstić information content (AvgIpc) is 2.83. The topological polar surface area (TPSA) is 28.2 Å². The lowest BCUT2D eigenvalue weighted by Crippen LogP contribution is -2.19. The fourth-order valence-corrected chi connectivity index (χ4v) is 3.43. The van der Waals surface area contributed by atoms with E-state index in [1.807, 2.05) is 11.3 Å². The van der Waals surface area contributed by atoms with Crippen molar-refractivity contribution in [3.8, 4) is 0 Å². The molecule has 1 aromatic rings. The fourth-order valence-electron chi connectivity index (χ4n) is 2.26. The maximum absolute atomic E-state index is 4.89. The van der Waals surface area contributed by atoms with Gasteiger partial charge in [0.15, 0.2) is 5.13 Å². The molecule has 0 fully saturated rings. The van der Waals surface area contributed by atoms with E-state index in [-0.39, 0.29) is 0 Å². The number of unbranched alkanes of at least 4 members (excludes halogenated alkanes) is 2. The van der Waals surface area contributed by atoms with E-state index in [1.165, 1.54) is 35.0 Å². The molecule has 0 aliphatic rings. The summed E-state index contributed by atoms with van der Waals surface area (Å²) in [5.74, 6) is 1.19. The van der Waals surface area contributed by atoms with Crippen molar-refractivity contribution in [1.82, 2.24) is 10.3 Å². The molecule has 0 radical (unpaired) electrons. The Hall–Kier alpha value is -0.610. The van der Waals surface area contributed by atoms with Gasteiger partial charge in [0.25, 0.3) is 0 Å². The molecule has 1 aromatic heterocycles. The highest BCUT2D eigenvalue weighted by Gasteiger charge is 2.16. The van der Waals surface area contributed by atoms with Gasteiger partial charge in [-0.15, -0.1) is 11.3 Å². The molecular formula is C17H33N3S. The monoisotopic (exact) mass is 311 g/mol. The van der Waals surface area contributed by atoms with Crippen molar-refractivity contribution in [2.24, 2.45) is 5.92 Å². The van der Waals surface area contributed by atoms with Gasteiger partial charge in [-0.3, -0.25) is 0 Å². The molecule has 0 aromatic carbocycles. The molecule has 1 N–H and O–H groups in total. The summed E-state index contributed by atoms with van der Waals surface area (Å²) in [4.78, 5) is 8.61. The molecule has 1 heterocycles. The van der Waals surface area contributed by atoms with Crippen molar-refractivity contribution in [2.75, 3.05) is 25.0 Å². The van der Waals surface area contributed by atoms with Gasteiger partial charge in [0.2, 0.25) is 0 Å². The number of nitrogens with one attached hydrogen (secondary N) is 1. The standard InChI is InChI=1S/C17H33N3S/c1-7-8-9-10-20(6)17-19-16(14(4)5)15(21-17)12-18-11-13(2)3/h13-14,18H,7-12H2,1-6H3. The van der Waals surface area contributed by atoms with Gasteiger partial charge < -0.3 is 10.2 Å². The van der Waals surface area contributed by atoms with Crippen LogP contribution in [0.1, 0.15) is 70.4 Å². The third-order valence-corrected chi connectivity index (χ3v) is 4.71. The number of rotatable bonds is 10. The summed E-state index contributed by atoms with van der Waals surface area (Å²) in [7, 11) is 2.17. The van der Waals surface area contributed by atoms with Gasteiger partial charge in [0.1, 0.15) is 0 Å². The third-order valence-electron chi connectivity index (χ3n) is 3.52. The highest BCUT2D eigenvalue weighted by Crippen LogP contribution is 2.30. The van der Waals surface area contributed by atoms with E-state index in [2.05, 4.69) is 51.9 Å². The number of thiazole rings is 1. The average molecular weight is 312 g/mol. The van der Waals surface area contributed by atoms with E-state index >= 15 is 0 Å². The molecule has 0 bridgehead atoms. The van der Waals surface area contributed by atoms with Gasteiger partial charge in [-0.05, 0) is 24.8 Å². The number of anilines is 1. The van der Waals surface area contributed by atoms with Crippen LogP contribution < -0.4 is 10.2 Å². The van der Waals surface area contributed by atoms with Gasteiger partial charge in [-0.25, -0.2) is 4.98 Å². The summed E-state index contributed by atoms with van der Waals surface area (Å²) in [5, 5.41) is 4.73. The molecule has 0 saturated carbocycles. The maximum atomic E-state index is 4.89. The summed E-state index contributed by atoms with van der Waals surface area (Å²) < 4.78 is 0. The Kier molecular flexibility index (Phi) is 8.27. The second kappa shape index (κ2) is 9.42. The summed E-state index contributed by atoms with van der Waals surface area (Å²) in [6, 6.07) is 0. The van der Waals surface area contributed by atoms with Crippen LogP contribution in [0.2, 0.25) is 0 Å². The highest BCUT2D eigenvalue weighted by molar-refractivity contribution is 7.15. The summed E-state index contributed by atoms with van der Waals surface area (Å²) in [5.41, 5.74) is 1.27. The number of hydrogen-bond acceptors (Lipinski definition) is 4. The molecule has 0 atom stereocenters. The van der Waals surface area contributed by atoms with Crippen molar-refractivity contribution in [2.45, 2.75) is 66.3 Å². The zero-order valence-corrected chi connectivity index (χ0v) is 15.5. The van der Waals surface area contributed by atoms with Crippen LogP contribution in [0.4, 0.5) is 5.13 Å². The minimum absolute atomic E-state index is 0.495. The van der Waals surface area contributed by atoms with Gasteiger partial charge in [0.05, 0.1) is 5.69 Å². The van der Waals surface area contributed by atoms with Gasteiger partial charge >= 0.3 is 0 Å². The van der Waals surface area contributed by atoms with E-state index < -0.39 is 0 Å². The number of hydrogen-bond donors (Lipinski definition) is 1. The van der Waals surface area contributed by atoms with Gasteiger partial charge in [-0.1, -0.05) is 47.5 Å². The molecule has 0 spiro atoms. The minimum Gasteiger partial charge on any atom is -0.351 e. The minimum atomic E-state index is 0.495. The van der Waals surface area contributed by atoms with Crippen LogP contribution in [-0.4, -0.2) is 25.1 Å². The van der Waals surface area contributed by atoms with E-state index in [9.17, 15) is 0 Å². The lowest BCUT2D eigenvalue weighted by Gasteiger charge is -2.15. The molecule has 0 amide bonds. The lowest BCUT2D eigenvalue weighted by atomic mass is 10.1. The SMILES string of the molecule is CCCCCN(C)c1nc(C(C)C)c(CNCC(C)C)s1. The zero-order chi connectivity index (χ0) is 15.8.